The predicted octanol–water partition coefficient (Wildman–Crippen LogP) is 4.72. The minimum atomic E-state index is -4.35. The molecule has 0 radical (unpaired) electrons. The zero-order valence-electron chi connectivity index (χ0n) is 17.5. The fourth-order valence-electron chi connectivity index (χ4n) is 4.04. The molecule has 0 spiro atoms. The van der Waals surface area contributed by atoms with E-state index in [9.17, 15) is 18.0 Å². The zero-order valence-corrected chi connectivity index (χ0v) is 17.5. The molecule has 3 aromatic rings. The number of hydrogen-bond donors (Lipinski definition) is 0. The number of likely N-dealkylation sites (tertiary alicyclic amines) is 1. The van der Waals surface area contributed by atoms with Crippen molar-refractivity contribution in [2.24, 2.45) is 0 Å². The van der Waals surface area contributed by atoms with E-state index in [4.69, 9.17) is 4.74 Å². The summed E-state index contributed by atoms with van der Waals surface area (Å²) >= 11 is 0. The van der Waals surface area contributed by atoms with Crippen LogP contribution in [0.2, 0.25) is 0 Å². The normalized spacial score (nSPS) is 14.6. The van der Waals surface area contributed by atoms with Crippen molar-refractivity contribution in [2.75, 3.05) is 19.7 Å². The van der Waals surface area contributed by atoms with Crippen molar-refractivity contribution in [2.45, 2.75) is 39.4 Å². The number of ether oxygens (including phenoxy) is 1. The highest BCUT2D eigenvalue weighted by Gasteiger charge is 2.30. The highest BCUT2D eigenvalue weighted by Crippen LogP contribution is 2.33. The molecule has 1 aliphatic rings. The molecule has 164 valence electrons. The van der Waals surface area contributed by atoms with Crippen LogP contribution in [0.5, 0.6) is 5.88 Å². The van der Waals surface area contributed by atoms with Crippen molar-refractivity contribution in [3.05, 3.63) is 58.9 Å². The lowest BCUT2D eigenvalue weighted by Crippen LogP contribution is -2.29. The predicted molar refractivity (Wildman–Crippen MR) is 111 cm³/mol. The van der Waals surface area contributed by atoms with Gasteiger partial charge in [-0.1, -0.05) is 12.1 Å². The molecule has 0 saturated carbocycles. The third-order valence-corrected chi connectivity index (χ3v) is 5.91. The number of hydrogen-bond acceptors (Lipinski definition) is 3. The van der Waals surface area contributed by atoms with Crippen molar-refractivity contribution in [3.8, 4) is 5.88 Å². The lowest BCUT2D eigenvalue weighted by molar-refractivity contribution is -0.137. The number of aryl methyl sites for hydroxylation is 1. The van der Waals surface area contributed by atoms with Crippen LogP contribution in [0.25, 0.3) is 10.9 Å². The first-order valence-electron chi connectivity index (χ1n) is 10.3. The summed E-state index contributed by atoms with van der Waals surface area (Å²) in [5, 5.41) is 0.992. The van der Waals surface area contributed by atoms with E-state index < -0.39 is 11.7 Å². The second-order valence-corrected chi connectivity index (χ2v) is 7.84. The summed E-state index contributed by atoms with van der Waals surface area (Å²) in [6, 6.07) is 7.12. The fraction of sp³-hybridized carbons (Fsp3) is 0.391. The average molecular weight is 431 g/mol. The summed E-state index contributed by atoms with van der Waals surface area (Å²) < 4.78 is 46.6. The molecule has 1 aliphatic heterocycles. The van der Waals surface area contributed by atoms with Gasteiger partial charge in [-0.2, -0.15) is 13.2 Å². The Hall–Kier alpha value is -3.03. The summed E-state index contributed by atoms with van der Waals surface area (Å²) in [5.74, 6) is 0.611. The molecule has 0 bridgehead atoms. The quantitative estimate of drug-likeness (QED) is 0.567. The van der Waals surface area contributed by atoms with Crippen molar-refractivity contribution >= 4 is 16.8 Å². The Labute approximate surface area is 178 Å². The van der Waals surface area contributed by atoms with E-state index in [1.807, 2.05) is 24.5 Å². The Balaban J connectivity index is 1.60. The molecule has 1 fully saturated rings. The molecule has 0 unspecified atom stereocenters. The minimum Gasteiger partial charge on any atom is -0.474 e. The van der Waals surface area contributed by atoms with Crippen LogP contribution in [0.15, 0.2) is 36.5 Å². The number of carbonyl (C=O) groups excluding carboxylic acids is 1. The maximum absolute atomic E-state index is 12.9. The van der Waals surface area contributed by atoms with Gasteiger partial charge in [0.1, 0.15) is 12.1 Å². The summed E-state index contributed by atoms with van der Waals surface area (Å²) in [7, 11) is 0. The van der Waals surface area contributed by atoms with Crippen LogP contribution >= 0.6 is 0 Å². The van der Waals surface area contributed by atoms with Crippen molar-refractivity contribution in [1.82, 2.24) is 14.5 Å². The van der Waals surface area contributed by atoms with Crippen molar-refractivity contribution in [1.29, 1.82) is 0 Å². The van der Waals surface area contributed by atoms with Gasteiger partial charge in [0.15, 0.2) is 0 Å². The lowest BCUT2D eigenvalue weighted by Gasteiger charge is -2.16. The Morgan fingerprint density at radius 3 is 2.52 bits per heavy atom. The van der Waals surface area contributed by atoms with E-state index in [-0.39, 0.29) is 5.91 Å². The monoisotopic (exact) mass is 431 g/mol. The van der Waals surface area contributed by atoms with Crippen LogP contribution in [0.1, 0.15) is 35.2 Å². The van der Waals surface area contributed by atoms with Crippen LogP contribution in [0, 0.1) is 13.8 Å². The number of halogens is 3. The first kappa shape index (κ1) is 21.2. The SMILES string of the molecule is Cc1c(C)n(Cc2ccc(C(F)(F)F)cc2)c2c(OCCN3CCCC3=O)nccc12. The van der Waals surface area contributed by atoms with Gasteiger partial charge in [0.2, 0.25) is 11.8 Å². The number of amides is 1. The second kappa shape index (κ2) is 8.24. The number of fused-ring (bicyclic) bond motifs is 1. The van der Waals surface area contributed by atoms with Gasteiger partial charge >= 0.3 is 6.18 Å². The third kappa shape index (κ3) is 4.24. The largest absolute Gasteiger partial charge is 0.474 e. The highest BCUT2D eigenvalue weighted by molar-refractivity contribution is 5.89. The molecule has 3 heterocycles. The number of nitrogens with zero attached hydrogens (tertiary/aromatic N) is 3. The van der Waals surface area contributed by atoms with E-state index in [1.54, 1.807) is 11.1 Å². The van der Waals surface area contributed by atoms with Gasteiger partial charge in [-0.25, -0.2) is 4.98 Å². The molecule has 5 nitrogen and oxygen atoms in total. The molecule has 0 aliphatic carbocycles. The van der Waals surface area contributed by atoms with E-state index in [0.29, 0.717) is 32.0 Å². The van der Waals surface area contributed by atoms with Gasteiger partial charge in [0.05, 0.1) is 12.1 Å². The Kier molecular flexibility index (Phi) is 5.64. The lowest BCUT2D eigenvalue weighted by atomic mass is 10.1. The second-order valence-electron chi connectivity index (χ2n) is 7.84. The maximum atomic E-state index is 12.9. The Morgan fingerprint density at radius 1 is 1.13 bits per heavy atom. The van der Waals surface area contributed by atoms with E-state index in [2.05, 4.69) is 4.98 Å². The third-order valence-electron chi connectivity index (χ3n) is 5.91. The van der Waals surface area contributed by atoms with E-state index in [1.165, 1.54) is 12.1 Å². The van der Waals surface area contributed by atoms with Gasteiger partial charge in [-0.05, 0) is 49.6 Å². The molecule has 4 rings (SSSR count). The fourth-order valence-corrected chi connectivity index (χ4v) is 4.04. The number of pyridine rings is 1. The first-order chi connectivity index (χ1) is 14.8. The molecule has 0 atom stereocenters. The number of alkyl halides is 3. The van der Waals surface area contributed by atoms with Gasteiger partial charge in [0.25, 0.3) is 0 Å². The molecule has 31 heavy (non-hydrogen) atoms. The summed E-state index contributed by atoms with van der Waals surface area (Å²) in [6.07, 6.45) is -1.20. The van der Waals surface area contributed by atoms with Crippen molar-refractivity contribution < 1.29 is 22.7 Å². The van der Waals surface area contributed by atoms with Crippen LogP contribution in [-0.4, -0.2) is 40.1 Å². The van der Waals surface area contributed by atoms with Crippen molar-refractivity contribution in [3.63, 3.8) is 0 Å². The van der Waals surface area contributed by atoms with Gasteiger partial charge in [0, 0.05) is 36.8 Å². The van der Waals surface area contributed by atoms with Gasteiger partial charge in [-0.15, -0.1) is 0 Å². The summed E-state index contributed by atoms with van der Waals surface area (Å²) in [5.41, 5.74) is 2.98. The molecule has 1 amide bonds. The summed E-state index contributed by atoms with van der Waals surface area (Å²) in [4.78, 5) is 18.0. The van der Waals surface area contributed by atoms with E-state index >= 15 is 0 Å². The molecular formula is C23H24F3N3O2. The van der Waals surface area contributed by atoms with Crippen LogP contribution in [0.4, 0.5) is 13.2 Å². The van der Waals surface area contributed by atoms with E-state index in [0.717, 1.165) is 52.8 Å². The zero-order chi connectivity index (χ0) is 22.2. The smallest absolute Gasteiger partial charge is 0.416 e. The van der Waals surface area contributed by atoms with Gasteiger partial charge in [-0.3, -0.25) is 4.79 Å². The van der Waals surface area contributed by atoms with Crippen LogP contribution in [-0.2, 0) is 17.5 Å². The Morgan fingerprint density at radius 2 is 1.87 bits per heavy atom. The number of rotatable bonds is 6. The number of carbonyl (C=O) groups is 1. The van der Waals surface area contributed by atoms with Crippen LogP contribution < -0.4 is 4.74 Å². The molecule has 1 aromatic carbocycles. The summed E-state index contributed by atoms with van der Waals surface area (Å²) in [6.45, 7) is 5.99. The maximum Gasteiger partial charge on any atom is 0.416 e. The molecule has 8 heteroatoms. The topological polar surface area (TPSA) is 47.4 Å². The van der Waals surface area contributed by atoms with Crippen LogP contribution in [0.3, 0.4) is 0 Å². The highest BCUT2D eigenvalue weighted by atomic mass is 19.4. The molecule has 2 aromatic heterocycles. The standard InChI is InChI=1S/C23H24F3N3O2/c1-15-16(2)29(14-17-5-7-18(8-6-17)23(24,25)26)21-19(15)9-10-27-22(21)31-13-12-28-11-3-4-20(28)30/h5-10H,3-4,11-14H2,1-2H3. The average Bonchev–Trinajstić information content (AvgIpc) is 3.25. The Bertz CT molecular complexity index is 1100. The first-order valence-corrected chi connectivity index (χ1v) is 10.3. The minimum absolute atomic E-state index is 0.145. The van der Waals surface area contributed by atoms with Gasteiger partial charge < -0.3 is 14.2 Å². The number of aromatic nitrogens is 2. The molecule has 0 N–H and O–H groups in total. The number of benzene rings is 1. The molecule has 1 saturated heterocycles. The molecular weight excluding hydrogens is 407 g/mol.